The molecule has 0 fully saturated rings. The second-order valence-corrected chi connectivity index (χ2v) is 6.24. The molecule has 0 aromatic heterocycles. The quantitative estimate of drug-likeness (QED) is 0.538. The lowest BCUT2D eigenvalue weighted by Gasteiger charge is -2.12. The van der Waals surface area contributed by atoms with E-state index < -0.39 is 5.91 Å². The Hall–Kier alpha value is -2.64. The van der Waals surface area contributed by atoms with Crippen LogP contribution in [0.1, 0.15) is 11.1 Å². The predicted molar refractivity (Wildman–Crippen MR) is 104 cm³/mol. The molecule has 0 radical (unpaired) electrons. The molecule has 0 aliphatic rings. The lowest BCUT2D eigenvalue weighted by molar-refractivity contribution is -0.124. The lowest BCUT2D eigenvalue weighted by Crippen LogP contribution is -2.50. The molecule has 8 heteroatoms. The summed E-state index contributed by atoms with van der Waals surface area (Å²) in [5.41, 5.74) is 6.74. The molecule has 26 heavy (non-hydrogen) atoms. The van der Waals surface area contributed by atoms with E-state index >= 15 is 0 Å². The summed E-state index contributed by atoms with van der Waals surface area (Å²) in [6, 6.07) is 14.2. The Labute approximate surface area is 161 Å². The van der Waals surface area contributed by atoms with E-state index in [4.69, 9.17) is 28.6 Å². The van der Waals surface area contributed by atoms with Crippen molar-refractivity contribution in [1.29, 1.82) is 0 Å². The number of amides is 2. The van der Waals surface area contributed by atoms with Crippen LogP contribution < -0.4 is 20.9 Å². The van der Waals surface area contributed by atoms with Crippen LogP contribution in [-0.2, 0) is 16.0 Å². The smallest absolute Gasteiger partial charge is 0.276 e. The van der Waals surface area contributed by atoms with E-state index in [1.54, 1.807) is 24.3 Å². The zero-order valence-corrected chi connectivity index (χ0v) is 15.6. The van der Waals surface area contributed by atoms with Gasteiger partial charge < -0.3 is 10.1 Å². The second kappa shape index (κ2) is 9.74. The molecule has 0 unspecified atom stereocenters. The van der Waals surface area contributed by atoms with Crippen LogP contribution in [0.4, 0.5) is 0 Å². The van der Waals surface area contributed by atoms with Gasteiger partial charge in [0.1, 0.15) is 5.75 Å². The van der Waals surface area contributed by atoms with Gasteiger partial charge in [-0.3, -0.25) is 20.4 Å². The molecule has 3 N–H and O–H groups in total. The highest BCUT2D eigenvalue weighted by molar-refractivity contribution is 7.80. The number of benzene rings is 2. The Morgan fingerprint density at radius 1 is 1.04 bits per heavy atom. The van der Waals surface area contributed by atoms with Crippen molar-refractivity contribution in [3.8, 4) is 5.75 Å². The van der Waals surface area contributed by atoms with Crippen molar-refractivity contribution < 1.29 is 14.3 Å². The van der Waals surface area contributed by atoms with E-state index in [9.17, 15) is 9.59 Å². The summed E-state index contributed by atoms with van der Waals surface area (Å²) in [5.74, 6) is -0.211. The molecule has 0 heterocycles. The molecule has 0 atom stereocenters. The van der Waals surface area contributed by atoms with Gasteiger partial charge in [0.05, 0.1) is 6.42 Å². The SMILES string of the molecule is Cc1ccccc1CC(=O)NC(=S)NNC(=O)COc1ccc(Cl)cc1. The molecular formula is C18H18ClN3O3S. The van der Waals surface area contributed by atoms with Crippen LogP contribution in [0, 0.1) is 6.92 Å². The van der Waals surface area contributed by atoms with Gasteiger partial charge in [-0.15, -0.1) is 0 Å². The number of thiocarbonyl (C=S) groups is 1. The minimum atomic E-state index is -0.449. The summed E-state index contributed by atoms with van der Waals surface area (Å²) in [6.45, 7) is 1.72. The summed E-state index contributed by atoms with van der Waals surface area (Å²) in [5, 5.41) is 3.08. The minimum absolute atomic E-state index is 0.00317. The van der Waals surface area contributed by atoms with Crippen LogP contribution in [0.15, 0.2) is 48.5 Å². The number of aryl methyl sites for hydroxylation is 1. The van der Waals surface area contributed by atoms with Crippen molar-refractivity contribution in [2.45, 2.75) is 13.3 Å². The first-order valence-electron chi connectivity index (χ1n) is 7.75. The topological polar surface area (TPSA) is 79.5 Å². The highest BCUT2D eigenvalue weighted by Gasteiger charge is 2.09. The molecular weight excluding hydrogens is 374 g/mol. The van der Waals surface area contributed by atoms with Crippen molar-refractivity contribution >= 4 is 40.7 Å². The van der Waals surface area contributed by atoms with Crippen LogP contribution >= 0.6 is 23.8 Å². The lowest BCUT2D eigenvalue weighted by atomic mass is 10.1. The Morgan fingerprint density at radius 3 is 2.42 bits per heavy atom. The van der Waals surface area contributed by atoms with Crippen LogP contribution in [-0.4, -0.2) is 23.5 Å². The third-order valence-corrected chi connectivity index (χ3v) is 3.82. The monoisotopic (exact) mass is 391 g/mol. The maximum Gasteiger partial charge on any atom is 0.276 e. The molecule has 0 bridgehead atoms. The zero-order chi connectivity index (χ0) is 18.9. The fraction of sp³-hybridized carbons (Fsp3) is 0.167. The van der Waals surface area contributed by atoms with Crippen LogP contribution in [0.3, 0.4) is 0 Å². The van der Waals surface area contributed by atoms with Gasteiger partial charge in [0.2, 0.25) is 5.91 Å². The Balaban J connectivity index is 1.69. The van der Waals surface area contributed by atoms with Crippen molar-refractivity contribution in [2.75, 3.05) is 6.61 Å². The van der Waals surface area contributed by atoms with E-state index in [-0.39, 0.29) is 24.0 Å². The van der Waals surface area contributed by atoms with Crippen molar-refractivity contribution in [1.82, 2.24) is 16.2 Å². The summed E-state index contributed by atoms with van der Waals surface area (Å²) < 4.78 is 5.29. The highest BCUT2D eigenvalue weighted by Crippen LogP contribution is 2.15. The van der Waals surface area contributed by atoms with Crippen LogP contribution in [0.5, 0.6) is 5.75 Å². The highest BCUT2D eigenvalue weighted by atomic mass is 35.5. The number of rotatable bonds is 5. The van der Waals surface area contributed by atoms with E-state index in [1.165, 1.54) is 0 Å². The number of carbonyl (C=O) groups is 2. The summed E-state index contributed by atoms with van der Waals surface area (Å²) in [7, 11) is 0. The molecule has 136 valence electrons. The number of hydrogen-bond donors (Lipinski definition) is 3. The van der Waals surface area contributed by atoms with Crippen LogP contribution in [0.2, 0.25) is 5.02 Å². The largest absolute Gasteiger partial charge is 0.484 e. The first-order valence-corrected chi connectivity index (χ1v) is 8.54. The van der Waals surface area contributed by atoms with E-state index in [2.05, 4.69) is 16.2 Å². The van der Waals surface area contributed by atoms with Gasteiger partial charge in [-0.2, -0.15) is 0 Å². The average molecular weight is 392 g/mol. The van der Waals surface area contributed by atoms with Crippen molar-refractivity contribution in [2.24, 2.45) is 0 Å². The Bertz CT molecular complexity index is 797. The zero-order valence-electron chi connectivity index (χ0n) is 14.0. The fourth-order valence-corrected chi connectivity index (χ4v) is 2.32. The normalized spacial score (nSPS) is 9.92. The second-order valence-electron chi connectivity index (χ2n) is 5.40. The third kappa shape index (κ3) is 6.70. The number of nitrogens with one attached hydrogen (secondary N) is 3. The first kappa shape index (κ1) is 19.7. The van der Waals surface area contributed by atoms with Gasteiger partial charge in [-0.25, -0.2) is 0 Å². The van der Waals surface area contributed by atoms with Crippen molar-refractivity contribution in [3.05, 3.63) is 64.7 Å². The summed E-state index contributed by atoms with van der Waals surface area (Å²) in [4.78, 5) is 23.7. The molecule has 2 aromatic carbocycles. The van der Waals surface area contributed by atoms with E-state index in [0.29, 0.717) is 10.8 Å². The number of ether oxygens (including phenoxy) is 1. The van der Waals surface area contributed by atoms with Gasteiger partial charge in [0.25, 0.3) is 5.91 Å². The van der Waals surface area contributed by atoms with Crippen molar-refractivity contribution in [3.63, 3.8) is 0 Å². The number of carbonyl (C=O) groups excluding carboxylic acids is 2. The third-order valence-electron chi connectivity index (χ3n) is 3.36. The van der Waals surface area contributed by atoms with Gasteiger partial charge in [-0.05, 0) is 54.5 Å². The van der Waals surface area contributed by atoms with Gasteiger partial charge in [0, 0.05) is 5.02 Å². The van der Waals surface area contributed by atoms with Gasteiger partial charge in [0.15, 0.2) is 11.7 Å². The molecule has 2 aromatic rings. The van der Waals surface area contributed by atoms with Crippen LogP contribution in [0.25, 0.3) is 0 Å². The average Bonchev–Trinajstić information content (AvgIpc) is 2.61. The first-order chi connectivity index (χ1) is 12.4. The standard InChI is InChI=1S/C18H18ClN3O3S/c1-12-4-2-3-5-13(12)10-16(23)20-18(26)22-21-17(24)11-25-15-8-6-14(19)7-9-15/h2-9H,10-11H2,1H3,(H,21,24)(H2,20,22,23,26). The fourth-order valence-electron chi connectivity index (χ4n) is 2.03. The summed E-state index contributed by atoms with van der Waals surface area (Å²) in [6.07, 6.45) is 0.197. The number of halogens is 1. The van der Waals surface area contributed by atoms with E-state index in [0.717, 1.165) is 11.1 Å². The molecule has 0 spiro atoms. The van der Waals surface area contributed by atoms with Gasteiger partial charge in [-0.1, -0.05) is 35.9 Å². The minimum Gasteiger partial charge on any atom is -0.484 e. The number of hydrazine groups is 1. The number of hydrogen-bond acceptors (Lipinski definition) is 4. The molecule has 0 aliphatic carbocycles. The van der Waals surface area contributed by atoms with Gasteiger partial charge >= 0.3 is 0 Å². The Morgan fingerprint density at radius 2 is 1.73 bits per heavy atom. The summed E-state index contributed by atoms with van der Waals surface area (Å²) >= 11 is 10.7. The molecule has 2 rings (SSSR count). The van der Waals surface area contributed by atoms with E-state index in [1.807, 2.05) is 31.2 Å². The molecule has 6 nitrogen and oxygen atoms in total. The molecule has 0 saturated heterocycles. The maximum absolute atomic E-state index is 12.0. The molecule has 2 amide bonds. The molecule has 0 saturated carbocycles. The molecule has 0 aliphatic heterocycles. The Kier molecular flexibility index (Phi) is 7.37. The predicted octanol–water partition coefficient (Wildman–Crippen LogP) is 2.29. The maximum atomic E-state index is 12.0.